The smallest absolute Gasteiger partial charge is 0.111 e. The molecule has 0 aliphatic carbocycles. The molecule has 0 aliphatic heterocycles. The Labute approximate surface area is 98.5 Å². The molecular weight excluding hydrogens is 228 g/mol. The van der Waals surface area contributed by atoms with Gasteiger partial charge in [0.1, 0.15) is 5.82 Å². The van der Waals surface area contributed by atoms with Crippen molar-refractivity contribution in [2.24, 2.45) is 0 Å². The molecule has 0 spiro atoms. The first kappa shape index (κ1) is 10.7. The van der Waals surface area contributed by atoms with E-state index in [-0.39, 0.29) is 0 Å². The molecule has 2 heterocycles. The van der Waals surface area contributed by atoms with E-state index in [0.717, 1.165) is 16.7 Å². The van der Waals surface area contributed by atoms with Crippen LogP contribution in [-0.2, 0) is 6.54 Å². The van der Waals surface area contributed by atoms with Crippen molar-refractivity contribution < 1.29 is 0 Å². The topological polar surface area (TPSA) is 17.8 Å². The summed E-state index contributed by atoms with van der Waals surface area (Å²) in [6.07, 6.45) is 3.87. The second kappa shape index (κ2) is 4.37. The van der Waals surface area contributed by atoms with E-state index >= 15 is 0 Å². The number of aromatic nitrogens is 2. The maximum atomic E-state index is 5.90. The van der Waals surface area contributed by atoms with Crippen molar-refractivity contribution in [2.45, 2.75) is 26.3 Å². The molecule has 80 valence electrons. The van der Waals surface area contributed by atoms with E-state index < -0.39 is 0 Å². The quantitative estimate of drug-likeness (QED) is 0.799. The van der Waals surface area contributed by atoms with Crippen LogP contribution in [0.25, 0.3) is 0 Å². The first-order valence-electron chi connectivity index (χ1n) is 4.92. The summed E-state index contributed by atoms with van der Waals surface area (Å²) in [5, 5.41) is 0. The Morgan fingerprint density at radius 3 is 2.87 bits per heavy atom. The van der Waals surface area contributed by atoms with Crippen molar-refractivity contribution in [3.8, 4) is 0 Å². The van der Waals surface area contributed by atoms with E-state index in [1.165, 1.54) is 4.88 Å². The molecule has 2 nitrogen and oxygen atoms in total. The van der Waals surface area contributed by atoms with Gasteiger partial charge in [0.15, 0.2) is 0 Å². The highest BCUT2D eigenvalue weighted by Crippen LogP contribution is 2.23. The lowest BCUT2D eigenvalue weighted by Gasteiger charge is -2.08. The van der Waals surface area contributed by atoms with Gasteiger partial charge in [0.2, 0.25) is 0 Å². The SMILES string of the molecule is CC(C)c1nccn1Cc1ccc(Cl)s1. The third-order valence-electron chi connectivity index (χ3n) is 2.22. The normalized spacial score (nSPS) is 11.2. The molecule has 0 bridgehead atoms. The van der Waals surface area contributed by atoms with Gasteiger partial charge < -0.3 is 4.57 Å². The van der Waals surface area contributed by atoms with Gasteiger partial charge in [-0.1, -0.05) is 25.4 Å². The molecule has 0 N–H and O–H groups in total. The van der Waals surface area contributed by atoms with Crippen molar-refractivity contribution in [2.75, 3.05) is 0 Å². The minimum atomic E-state index is 0.454. The van der Waals surface area contributed by atoms with Crippen molar-refractivity contribution in [1.82, 2.24) is 9.55 Å². The molecule has 2 aromatic rings. The van der Waals surface area contributed by atoms with E-state index in [0.29, 0.717) is 5.92 Å². The lowest BCUT2D eigenvalue weighted by molar-refractivity contribution is 0.674. The van der Waals surface area contributed by atoms with Crippen molar-refractivity contribution >= 4 is 22.9 Å². The van der Waals surface area contributed by atoms with Crippen LogP contribution >= 0.6 is 22.9 Å². The zero-order valence-electron chi connectivity index (χ0n) is 8.77. The molecule has 4 heteroatoms. The highest BCUT2D eigenvalue weighted by Gasteiger charge is 2.08. The lowest BCUT2D eigenvalue weighted by atomic mass is 10.2. The molecule has 15 heavy (non-hydrogen) atoms. The second-order valence-electron chi connectivity index (χ2n) is 3.77. The van der Waals surface area contributed by atoms with Crippen LogP contribution in [0.1, 0.15) is 30.5 Å². The summed E-state index contributed by atoms with van der Waals surface area (Å²) in [5.74, 6) is 1.58. The van der Waals surface area contributed by atoms with E-state index in [2.05, 4.69) is 29.5 Å². The Morgan fingerprint density at radius 2 is 2.27 bits per heavy atom. The van der Waals surface area contributed by atoms with Crippen LogP contribution in [0.3, 0.4) is 0 Å². The standard InChI is InChI=1S/C11H13ClN2S/c1-8(2)11-13-5-6-14(11)7-9-3-4-10(12)15-9/h3-6,8H,7H2,1-2H3. The van der Waals surface area contributed by atoms with Gasteiger partial charge in [-0.15, -0.1) is 11.3 Å². The minimum Gasteiger partial charge on any atom is -0.329 e. The highest BCUT2D eigenvalue weighted by atomic mass is 35.5. The maximum absolute atomic E-state index is 5.90. The number of rotatable bonds is 3. The van der Waals surface area contributed by atoms with Gasteiger partial charge in [-0.05, 0) is 12.1 Å². The van der Waals surface area contributed by atoms with Crippen molar-refractivity contribution in [1.29, 1.82) is 0 Å². The average Bonchev–Trinajstić information content (AvgIpc) is 2.75. The fourth-order valence-electron chi connectivity index (χ4n) is 1.56. The maximum Gasteiger partial charge on any atom is 0.111 e. The van der Waals surface area contributed by atoms with Crippen molar-refractivity contribution in [3.05, 3.63) is 39.6 Å². The largest absolute Gasteiger partial charge is 0.329 e. The molecule has 0 atom stereocenters. The third kappa shape index (κ3) is 2.41. The molecule has 0 fully saturated rings. The van der Waals surface area contributed by atoms with E-state index in [9.17, 15) is 0 Å². The predicted octanol–water partition coefficient (Wildman–Crippen LogP) is 3.77. The lowest BCUT2D eigenvalue weighted by Crippen LogP contribution is -2.04. The van der Waals surface area contributed by atoms with E-state index in [1.54, 1.807) is 11.3 Å². The van der Waals surface area contributed by atoms with Crippen LogP contribution in [0.2, 0.25) is 4.34 Å². The molecule has 0 radical (unpaired) electrons. The molecule has 0 aliphatic rings. The summed E-state index contributed by atoms with van der Waals surface area (Å²) in [6, 6.07) is 4.00. The van der Waals surface area contributed by atoms with E-state index in [4.69, 9.17) is 11.6 Å². The Hall–Kier alpha value is -0.800. The second-order valence-corrected chi connectivity index (χ2v) is 5.57. The fraction of sp³-hybridized carbons (Fsp3) is 0.364. The van der Waals surface area contributed by atoms with Crippen LogP contribution in [0.15, 0.2) is 24.5 Å². The van der Waals surface area contributed by atoms with Crippen LogP contribution in [0, 0.1) is 0 Å². The Kier molecular flexibility index (Phi) is 3.12. The number of thiophene rings is 1. The fourth-order valence-corrected chi connectivity index (χ4v) is 2.65. The van der Waals surface area contributed by atoms with Crippen molar-refractivity contribution in [3.63, 3.8) is 0 Å². The highest BCUT2D eigenvalue weighted by molar-refractivity contribution is 7.16. The van der Waals surface area contributed by atoms with Crippen LogP contribution < -0.4 is 0 Å². The number of nitrogens with zero attached hydrogens (tertiary/aromatic N) is 2. The summed E-state index contributed by atoms with van der Waals surface area (Å²) in [6.45, 7) is 5.17. The molecule has 2 rings (SSSR count). The molecule has 2 aromatic heterocycles. The first-order valence-corrected chi connectivity index (χ1v) is 6.11. The summed E-state index contributed by atoms with van der Waals surface area (Å²) in [7, 11) is 0. The number of hydrogen-bond donors (Lipinski definition) is 0. The average molecular weight is 241 g/mol. The van der Waals surface area contributed by atoms with Crippen LogP contribution in [0.5, 0.6) is 0 Å². The van der Waals surface area contributed by atoms with E-state index in [1.807, 2.05) is 18.5 Å². The van der Waals surface area contributed by atoms with Gasteiger partial charge in [-0.3, -0.25) is 0 Å². The Morgan fingerprint density at radius 1 is 1.47 bits per heavy atom. The molecule has 0 unspecified atom stereocenters. The third-order valence-corrected chi connectivity index (χ3v) is 3.44. The summed E-state index contributed by atoms with van der Waals surface area (Å²) in [4.78, 5) is 5.62. The monoisotopic (exact) mass is 240 g/mol. The van der Waals surface area contributed by atoms with Gasteiger partial charge in [-0.25, -0.2) is 4.98 Å². The molecular formula is C11H13ClN2S. The number of imidazole rings is 1. The Balaban J connectivity index is 2.20. The minimum absolute atomic E-state index is 0.454. The summed E-state index contributed by atoms with van der Waals surface area (Å²) >= 11 is 7.52. The summed E-state index contributed by atoms with van der Waals surface area (Å²) in [5.41, 5.74) is 0. The number of halogens is 1. The Bertz CT molecular complexity index is 445. The predicted molar refractivity (Wildman–Crippen MR) is 64.7 cm³/mol. The molecule has 0 aromatic carbocycles. The van der Waals surface area contributed by atoms with Crippen LogP contribution in [-0.4, -0.2) is 9.55 Å². The van der Waals surface area contributed by atoms with Gasteiger partial charge in [0.05, 0.1) is 10.9 Å². The molecule has 0 saturated heterocycles. The number of hydrogen-bond acceptors (Lipinski definition) is 2. The van der Waals surface area contributed by atoms with Gasteiger partial charge >= 0.3 is 0 Å². The van der Waals surface area contributed by atoms with Gasteiger partial charge in [0.25, 0.3) is 0 Å². The zero-order valence-corrected chi connectivity index (χ0v) is 10.3. The zero-order chi connectivity index (χ0) is 10.8. The summed E-state index contributed by atoms with van der Waals surface area (Å²) < 4.78 is 3.02. The first-order chi connectivity index (χ1) is 7.16. The van der Waals surface area contributed by atoms with Crippen LogP contribution in [0.4, 0.5) is 0 Å². The van der Waals surface area contributed by atoms with Gasteiger partial charge in [0, 0.05) is 23.2 Å². The molecule has 0 saturated carbocycles. The van der Waals surface area contributed by atoms with Gasteiger partial charge in [-0.2, -0.15) is 0 Å². The molecule has 0 amide bonds.